The summed E-state index contributed by atoms with van der Waals surface area (Å²) in [5.74, 6) is 1.88. The third-order valence-corrected chi connectivity index (χ3v) is 5.48. The second-order valence-electron chi connectivity index (χ2n) is 7.24. The van der Waals surface area contributed by atoms with E-state index in [2.05, 4.69) is 23.9 Å². The molecule has 0 aromatic carbocycles. The summed E-state index contributed by atoms with van der Waals surface area (Å²) in [5.41, 5.74) is 2.99. The molecule has 6 nitrogen and oxygen atoms in total. The molecular formula is C20H25N5O. The van der Waals surface area contributed by atoms with Gasteiger partial charge in [-0.15, -0.1) is 0 Å². The van der Waals surface area contributed by atoms with Crippen molar-refractivity contribution in [2.75, 3.05) is 25.0 Å². The molecule has 1 saturated heterocycles. The molecule has 2 aromatic rings. The Balaban J connectivity index is 1.70. The van der Waals surface area contributed by atoms with Gasteiger partial charge >= 0.3 is 0 Å². The average molecular weight is 351 g/mol. The van der Waals surface area contributed by atoms with Crippen LogP contribution in [0.25, 0.3) is 0 Å². The van der Waals surface area contributed by atoms with Gasteiger partial charge in [-0.1, -0.05) is 0 Å². The first-order valence-electron chi connectivity index (χ1n) is 9.44. The molecule has 1 amide bonds. The van der Waals surface area contributed by atoms with E-state index in [1.165, 1.54) is 5.56 Å². The molecule has 2 aromatic heterocycles. The summed E-state index contributed by atoms with van der Waals surface area (Å²) in [6.07, 6.45) is 8.55. The predicted octanol–water partition coefficient (Wildman–Crippen LogP) is 2.93. The largest absolute Gasteiger partial charge is 0.359 e. The second-order valence-corrected chi connectivity index (χ2v) is 7.24. The SMILES string of the molecule is Cc1nc([C@H]2CCCCN2C(=O)c2ccncc2)nc2c1CCCN2C. The lowest BCUT2D eigenvalue weighted by molar-refractivity contribution is 0.0599. The predicted molar refractivity (Wildman–Crippen MR) is 100 cm³/mol. The zero-order chi connectivity index (χ0) is 18.1. The summed E-state index contributed by atoms with van der Waals surface area (Å²) < 4.78 is 0. The number of fused-ring (bicyclic) bond motifs is 1. The van der Waals surface area contributed by atoms with Crippen LogP contribution in [-0.4, -0.2) is 45.9 Å². The molecule has 0 spiro atoms. The van der Waals surface area contributed by atoms with Gasteiger partial charge in [-0.25, -0.2) is 9.97 Å². The maximum absolute atomic E-state index is 13.1. The van der Waals surface area contributed by atoms with E-state index in [1.807, 2.05) is 4.90 Å². The zero-order valence-corrected chi connectivity index (χ0v) is 15.5. The van der Waals surface area contributed by atoms with Gasteiger partial charge in [0.1, 0.15) is 5.82 Å². The van der Waals surface area contributed by atoms with Crippen LogP contribution in [0.5, 0.6) is 0 Å². The van der Waals surface area contributed by atoms with Crippen LogP contribution in [0.3, 0.4) is 0 Å². The van der Waals surface area contributed by atoms with Gasteiger partial charge in [0.05, 0.1) is 6.04 Å². The van der Waals surface area contributed by atoms with Crippen molar-refractivity contribution in [1.29, 1.82) is 0 Å². The molecule has 1 fully saturated rings. The number of hydrogen-bond donors (Lipinski definition) is 0. The molecule has 0 saturated carbocycles. The van der Waals surface area contributed by atoms with Crippen LogP contribution in [0.15, 0.2) is 24.5 Å². The normalized spacial score (nSPS) is 20.0. The van der Waals surface area contributed by atoms with E-state index in [1.54, 1.807) is 24.5 Å². The van der Waals surface area contributed by atoms with E-state index in [0.29, 0.717) is 5.56 Å². The van der Waals surface area contributed by atoms with Gasteiger partial charge in [-0.3, -0.25) is 9.78 Å². The molecule has 0 bridgehead atoms. The number of hydrogen-bond acceptors (Lipinski definition) is 5. The summed E-state index contributed by atoms with van der Waals surface area (Å²) in [4.78, 5) is 31.0. The summed E-state index contributed by atoms with van der Waals surface area (Å²) in [6, 6.07) is 3.50. The van der Waals surface area contributed by atoms with Crippen LogP contribution in [-0.2, 0) is 6.42 Å². The zero-order valence-electron chi connectivity index (χ0n) is 15.5. The fourth-order valence-electron chi connectivity index (χ4n) is 4.06. The molecule has 26 heavy (non-hydrogen) atoms. The number of pyridine rings is 1. The van der Waals surface area contributed by atoms with E-state index in [4.69, 9.17) is 9.97 Å². The maximum Gasteiger partial charge on any atom is 0.254 e. The summed E-state index contributed by atoms with van der Waals surface area (Å²) in [7, 11) is 2.09. The number of nitrogens with zero attached hydrogens (tertiary/aromatic N) is 5. The highest BCUT2D eigenvalue weighted by Crippen LogP contribution is 2.33. The molecule has 1 atom stereocenters. The molecule has 136 valence electrons. The Morgan fingerprint density at radius 1 is 1.12 bits per heavy atom. The van der Waals surface area contributed by atoms with Gasteiger partial charge in [-0.2, -0.15) is 0 Å². The number of anilines is 1. The van der Waals surface area contributed by atoms with Crippen LogP contribution in [0.2, 0.25) is 0 Å². The molecule has 2 aliphatic heterocycles. The first-order chi connectivity index (χ1) is 12.6. The molecule has 0 unspecified atom stereocenters. The number of aromatic nitrogens is 3. The Hall–Kier alpha value is -2.50. The highest BCUT2D eigenvalue weighted by molar-refractivity contribution is 5.94. The van der Waals surface area contributed by atoms with Crippen LogP contribution < -0.4 is 4.90 Å². The van der Waals surface area contributed by atoms with Gasteiger partial charge in [0, 0.05) is 49.4 Å². The van der Waals surface area contributed by atoms with Crippen LogP contribution in [0, 0.1) is 6.92 Å². The number of amides is 1. The van der Waals surface area contributed by atoms with E-state index < -0.39 is 0 Å². The topological polar surface area (TPSA) is 62.2 Å². The van der Waals surface area contributed by atoms with Crippen molar-refractivity contribution >= 4 is 11.7 Å². The van der Waals surface area contributed by atoms with Crippen LogP contribution >= 0.6 is 0 Å². The first-order valence-corrected chi connectivity index (χ1v) is 9.44. The Morgan fingerprint density at radius 2 is 1.92 bits per heavy atom. The Bertz CT molecular complexity index is 807. The Kier molecular flexibility index (Phi) is 4.57. The molecular weight excluding hydrogens is 326 g/mol. The van der Waals surface area contributed by atoms with Crippen molar-refractivity contribution in [2.45, 2.75) is 45.1 Å². The third-order valence-electron chi connectivity index (χ3n) is 5.48. The highest BCUT2D eigenvalue weighted by Gasteiger charge is 2.32. The maximum atomic E-state index is 13.1. The van der Waals surface area contributed by atoms with Crippen molar-refractivity contribution in [3.63, 3.8) is 0 Å². The molecule has 0 aliphatic carbocycles. The summed E-state index contributed by atoms with van der Waals surface area (Å²) in [5, 5.41) is 0. The number of rotatable bonds is 2. The second kappa shape index (κ2) is 7.02. The minimum Gasteiger partial charge on any atom is -0.359 e. The van der Waals surface area contributed by atoms with E-state index >= 15 is 0 Å². The lowest BCUT2D eigenvalue weighted by Gasteiger charge is -2.36. The van der Waals surface area contributed by atoms with E-state index in [-0.39, 0.29) is 11.9 Å². The smallest absolute Gasteiger partial charge is 0.254 e. The highest BCUT2D eigenvalue weighted by atomic mass is 16.2. The van der Waals surface area contributed by atoms with E-state index in [0.717, 1.165) is 62.5 Å². The van der Waals surface area contributed by atoms with Gasteiger partial charge in [0.15, 0.2) is 5.82 Å². The van der Waals surface area contributed by atoms with Gasteiger partial charge in [-0.05, 0) is 51.2 Å². The lowest BCUT2D eigenvalue weighted by atomic mass is 9.99. The minimum atomic E-state index is -0.0521. The van der Waals surface area contributed by atoms with Crippen molar-refractivity contribution in [1.82, 2.24) is 19.9 Å². The lowest BCUT2D eigenvalue weighted by Crippen LogP contribution is -2.40. The third kappa shape index (κ3) is 3.04. The minimum absolute atomic E-state index is 0.0458. The van der Waals surface area contributed by atoms with Crippen molar-refractivity contribution in [3.8, 4) is 0 Å². The molecule has 6 heteroatoms. The molecule has 2 aliphatic rings. The van der Waals surface area contributed by atoms with Crippen molar-refractivity contribution in [3.05, 3.63) is 47.2 Å². The van der Waals surface area contributed by atoms with Gasteiger partial charge in [0.25, 0.3) is 5.91 Å². The number of likely N-dealkylation sites (tertiary alicyclic amines) is 1. The monoisotopic (exact) mass is 351 g/mol. The molecule has 4 heterocycles. The summed E-state index contributed by atoms with van der Waals surface area (Å²) >= 11 is 0. The van der Waals surface area contributed by atoms with Crippen LogP contribution in [0.1, 0.15) is 59.2 Å². The molecule has 4 rings (SSSR count). The van der Waals surface area contributed by atoms with Gasteiger partial charge in [0.2, 0.25) is 0 Å². The molecule has 0 N–H and O–H groups in total. The van der Waals surface area contributed by atoms with Gasteiger partial charge < -0.3 is 9.80 Å². The fraction of sp³-hybridized carbons (Fsp3) is 0.500. The summed E-state index contributed by atoms with van der Waals surface area (Å²) in [6.45, 7) is 3.84. The number of carbonyl (C=O) groups is 1. The number of aryl methyl sites for hydroxylation is 1. The Morgan fingerprint density at radius 3 is 2.73 bits per heavy atom. The average Bonchev–Trinajstić information content (AvgIpc) is 2.69. The Labute approximate surface area is 154 Å². The number of piperidine rings is 1. The molecule has 0 radical (unpaired) electrons. The van der Waals surface area contributed by atoms with Crippen LogP contribution in [0.4, 0.5) is 5.82 Å². The van der Waals surface area contributed by atoms with E-state index in [9.17, 15) is 4.79 Å². The fourth-order valence-corrected chi connectivity index (χ4v) is 4.06. The van der Waals surface area contributed by atoms with Crippen molar-refractivity contribution < 1.29 is 4.79 Å². The number of carbonyl (C=O) groups excluding carboxylic acids is 1. The van der Waals surface area contributed by atoms with Crippen molar-refractivity contribution in [2.24, 2.45) is 0 Å². The quantitative estimate of drug-likeness (QED) is 0.832. The first kappa shape index (κ1) is 16.9. The standard InChI is InChI=1S/C20H25N5O/c1-14-16-6-5-12-24(2)19(16)23-18(22-14)17-7-3-4-13-25(17)20(26)15-8-10-21-11-9-15/h8-11,17H,3-7,12-13H2,1-2H3/t17-/m1/s1.